The number of carbonyl (C=O) groups is 2. The van der Waals surface area contributed by atoms with Crippen LogP contribution >= 0.6 is 0 Å². The molecule has 0 unspecified atom stereocenters. The third kappa shape index (κ3) is 7.19. The maximum Gasteiger partial charge on any atom is 0.262 e. The van der Waals surface area contributed by atoms with Crippen LogP contribution in [0.5, 0.6) is 5.75 Å². The van der Waals surface area contributed by atoms with Crippen LogP contribution < -0.4 is 15.5 Å². The first-order valence-electron chi connectivity index (χ1n) is 9.16. The van der Waals surface area contributed by atoms with E-state index in [0.717, 1.165) is 11.1 Å². The van der Waals surface area contributed by atoms with E-state index in [1.165, 1.54) is 6.21 Å². The van der Waals surface area contributed by atoms with E-state index in [1.54, 1.807) is 24.5 Å². The molecule has 0 fully saturated rings. The highest BCUT2D eigenvalue weighted by Crippen LogP contribution is 2.15. The largest absolute Gasteiger partial charge is 0.484 e. The molecule has 1 atom stereocenters. The van der Waals surface area contributed by atoms with Gasteiger partial charge in [-0.15, -0.1) is 0 Å². The molecule has 0 aliphatic rings. The zero-order valence-electron chi connectivity index (χ0n) is 16.4. The van der Waals surface area contributed by atoms with Crippen molar-refractivity contribution in [3.63, 3.8) is 0 Å². The van der Waals surface area contributed by atoms with Gasteiger partial charge in [0.15, 0.2) is 6.61 Å². The van der Waals surface area contributed by atoms with E-state index in [9.17, 15) is 9.59 Å². The minimum absolute atomic E-state index is 0.161. The summed E-state index contributed by atoms with van der Waals surface area (Å²) in [4.78, 5) is 28.7. The van der Waals surface area contributed by atoms with Gasteiger partial charge in [-0.2, -0.15) is 5.10 Å². The van der Waals surface area contributed by atoms with Gasteiger partial charge in [-0.05, 0) is 37.0 Å². The molecule has 28 heavy (non-hydrogen) atoms. The lowest BCUT2D eigenvalue weighted by Gasteiger charge is -2.19. The molecule has 0 saturated heterocycles. The van der Waals surface area contributed by atoms with Crippen LogP contribution in [0.1, 0.15) is 31.4 Å². The van der Waals surface area contributed by atoms with Gasteiger partial charge in [0, 0.05) is 18.0 Å². The molecule has 1 aromatic heterocycles. The summed E-state index contributed by atoms with van der Waals surface area (Å²) < 4.78 is 5.54. The molecule has 0 aliphatic heterocycles. The number of amides is 2. The number of carbonyl (C=O) groups excluding carboxylic acids is 2. The lowest BCUT2D eigenvalue weighted by molar-refractivity contribution is -0.130. The van der Waals surface area contributed by atoms with Gasteiger partial charge < -0.3 is 10.1 Å². The van der Waals surface area contributed by atoms with Crippen molar-refractivity contribution in [3.8, 4) is 5.75 Å². The van der Waals surface area contributed by atoms with Crippen molar-refractivity contribution >= 4 is 18.0 Å². The fourth-order valence-corrected chi connectivity index (χ4v) is 2.50. The molecule has 148 valence electrons. The summed E-state index contributed by atoms with van der Waals surface area (Å²) in [6.07, 6.45) is 5.28. The highest BCUT2D eigenvalue weighted by Gasteiger charge is 2.22. The summed E-state index contributed by atoms with van der Waals surface area (Å²) >= 11 is 0. The second-order valence-electron chi connectivity index (χ2n) is 6.82. The Morgan fingerprint density at radius 2 is 2.00 bits per heavy atom. The van der Waals surface area contributed by atoms with Gasteiger partial charge in [-0.25, -0.2) is 5.43 Å². The zero-order chi connectivity index (χ0) is 20.4. The van der Waals surface area contributed by atoms with Crippen molar-refractivity contribution in [1.29, 1.82) is 0 Å². The summed E-state index contributed by atoms with van der Waals surface area (Å²) in [5.74, 6) is 0.123. The number of hydrogen-bond acceptors (Lipinski definition) is 5. The molecule has 1 aromatic carbocycles. The van der Waals surface area contributed by atoms with E-state index in [2.05, 4.69) is 20.8 Å². The van der Waals surface area contributed by atoms with E-state index in [-0.39, 0.29) is 24.3 Å². The first-order valence-corrected chi connectivity index (χ1v) is 9.16. The number of para-hydroxylation sites is 1. The quantitative estimate of drug-likeness (QED) is 0.515. The molecule has 0 radical (unpaired) electrons. The minimum atomic E-state index is -0.695. The topological polar surface area (TPSA) is 92.7 Å². The second kappa shape index (κ2) is 10.8. The Morgan fingerprint density at radius 1 is 1.21 bits per heavy atom. The smallest absolute Gasteiger partial charge is 0.262 e. The Kier molecular flexibility index (Phi) is 8.14. The predicted octanol–water partition coefficient (Wildman–Crippen LogP) is 2.45. The van der Waals surface area contributed by atoms with Crippen LogP contribution in [-0.2, 0) is 9.59 Å². The van der Waals surface area contributed by atoms with Crippen molar-refractivity contribution in [2.45, 2.75) is 33.2 Å². The monoisotopic (exact) mass is 382 g/mol. The second-order valence-corrected chi connectivity index (χ2v) is 6.82. The number of hydrazone groups is 1. The third-order valence-electron chi connectivity index (χ3n) is 3.88. The average molecular weight is 382 g/mol. The van der Waals surface area contributed by atoms with Crippen LogP contribution in [0.15, 0.2) is 53.9 Å². The van der Waals surface area contributed by atoms with Crippen molar-refractivity contribution in [2.75, 3.05) is 6.61 Å². The number of ether oxygens (including phenoxy) is 1. The molecule has 2 N–H and O–H groups in total. The van der Waals surface area contributed by atoms with Gasteiger partial charge in [0.2, 0.25) is 0 Å². The molecule has 7 nitrogen and oxygen atoms in total. The number of nitrogens with zero attached hydrogens (tertiary/aromatic N) is 2. The molecule has 0 bridgehead atoms. The first-order chi connectivity index (χ1) is 13.5. The number of nitrogens with one attached hydrogen (secondary N) is 2. The Labute approximate surface area is 165 Å². The summed E-state index contributed by atoms with van der Waals surface area (Å²) in [5.41, 5.74) is 4.18. The molecule has 0 aliphatic carbocycles. The number of pyridine rings is 1. The Balaban J connectivity index is 1.90. The van der Waals surface area contributed by atoms with Gasteiger partial charge in [0.1, 0.15) is 11.8 Å². The van der Waals surface area contributed by atoms with Gasteiger partial charge in [0.05, 0.1) is 6.21 Å². The molecule has 0 spiro atoms. The maximum atomic E-state index is 12.4. The van der Waals surface area contributed by atoms with Gasteiger partial charge in [-0.1, -0.05) is 38.1 Å². The molecule has 2 rings (SSSR count). The van der Waals surface area contributed by atoms with Crippen LogP contribution in [-0.4, -0.2) is 35.7 Å². The van der Waals surface area contributed by atoms with Crippen LogP contribution in [0, 0.1) is 12.8 Å². The number of rotatable bonds is 9. The Bertz CT molecular complexity index is 806. The van der Waals surface area contributed by atoms with E-state index in [0.29, 0.717) is 12.2 Å². The molecular weight excluding hydrogens is 356 g/mol. The molecule has 7 heteroatoms. The van der Waals surface area contributed by atoms with Crippen molar-refractivity contribution in [3.05, 3.63) is 59.9 Å². The molecule has 2 aromatic rings. The Hall–Kier alpha value is -3.22. The number of aryl methyl sites for hydroxylation is 1. The molecular formula is C21H26N4O3. The third-order valence-corrected chi connectivity index (χ3v) is 3.88. The van der Waals surface area contributed by atoms with Gasteiger partial charge in [0.25, 0.3) is 11.8 Å². The number of hydrogen-bond donors (Lipinski definition) is 2. The lowest BCUT2D eigenvalue weighted by atomic mass is 10.0. The standard InChI is InChI=1S/C21H26N4O3/c1-15(2)11-18(21(27)25-23-13-17-8-6-10-22-12-17)24-20(26)14-28-19-9-5-4-7-16(19)3/h4-10,12-13,15,18H,11,14H2,1-3H3,(H,24,26)(H,25,27)/b23-13-/t18-/m0/s1. The SMILES string of the molecule is Cc1ccccc1OCC(=O)N[C@@H](CC(C)C)C(=O)N/N=C\c1cccnc1. The van der Waals surface area contributed by atoms with Crippen molar-refractivity contribution in [2.24, 2.45) is 11.0 Å². The highest BCUT2D eigenvalue weighted by atomic mass is 16.5. The number of benzene rings is 1. The van der Waals surface area contributed by atoms with E-state index < -0.39 is 6.04 Å². The summed E-state index contributed by atoms with van der Waals surface area (Å²) in [5, 5.41) is 6.66. The molecule has 0 saturated carbocycles. The van der Waals surface area contributed by atoms with Crippen molar-refractivity contribution in [1.82, 2.24) is 15.7 Å². The first kappa shape index (κ1) is 21.1. The van der Waals surface area contributed by atoms with Crippen LogP contribution in [0.25, 0.3) is 0 Å². The number of aromatic nitrogens is 1. The fraction of sp³-hybridized carbons (Fsp3) is 0.333. The summed E-state index contributed by atoms with van der Waals surface area (Å²) in [7, 11) is 0. The fourth-order valence-electron chi connectivity index (χ4n) is 2.50. The van der Waals surface area contributed by atoms with Gasteiger partial charge in [-0.3, -0.25) is 14.6 Å². The van der Waals surface area contributed by atoms with Crippen LogP contribution in [0.4, 0.5) is 0 Å². The summed E-state index contributed by atoms with van der Waals surface area (Å²) in [6, 6.07) is 10.3. The minimum Gasteiger partial charge on any atom is -0.484 e. The lowest BCUT2D eigenvalue weighted by Crippen LogP contribution is -2.47. The van der Waals surface area contributed by atoms with E-state index >= 15 is 0 Å². The van der Waals surface area contributed by atoms with Crippen LogP contribution in [0.3, 0.4) is 0 Å². The van der Waals surface area contributed by atoms with E-state index in [1.807, 2.05) is 45.0 Å². The summed E-state index contributed by atoms with van der Waals surface area (Å²) in [6.45, 7) is 5.71. The van der Waals surface area contributed by atoms with Crippen LogP contribution in [0.2, 0.25) is 0 Å². The van der Waals surface area contributed by atoms with Gasteiger partial charge >= 0.3 is 0 Å². The maximum absolute atomic E-state index is 12.4. The van der Waals surface area contributed by atoms with Crippen molar-refractivity contribution < 1.29 is 14.3 Å². The zero-order valence-corrected chi connectivity index (χ0v) is 16.4. The van der Waals surface area contributed by atoms with E-state index in [4.69, 9.17) is 4.74 Å². The normalized spacial score (nSPS) is 12.0. The predicted molar refractivity (Wildman–Crippen MR) is 108 cm³/mol. The Morgan fingerprint density at radius 3 is 2.68 bits per heavy atom. The highest BCUT2D eigenvalue weighted by molar-refractivity contribution is 5.89. The average Bonchev–Trinajstić information content (AvgIpc) is 2.67. The molecule has 2 amide bonds. The molecule has 1 heterocycles.